The lowest BCUT2D eigenvalue weighted by Gasteiger charge is -2.32. The van der Waals surface area contributed by atoms with E-state index in [4.69, 9.17) is 0 Å². The minimum absolute atomic E-state index is 0.00111. The Bertz CT molecular complexity index is 248. The second-order valence-corrected chi connectivity index (χ2v) is 6.39. The minimum atomic E-state index is 0.00111. The van der Waals surface area contributed by atoms with E-state index in [1.54, 1.807) is 0 Å². The topological polar surface area (TPSA) is 32.3 Å². The fourth-order valence-corrected chi connectivity index (χ4v) is 3.65. The lowest BCUT2D eigenvalue weighted by atomic mass is 9.95. The van der Waals surface area contributed by atoms with Crippen molar-refractivity contribution in [3.8, 4) is 0 Å². The number of hydrogen-bond donors (Lipinski definition) is 1. The van der Waals surface area contributed by atoms with Crippen LogP contribution >= 0.6 is 11.8 Å². The SMILES string of the molecule is C[C@H](NC1CCCCC1)C(=O)N1CCSCC1. The van der Waals surface area contributed by atoms with E-state index in [0.717, 1.165) is 24.6 Å². The molecule has 3 nitrogen and oxygen atoms in total. The molecule has 2 fully saturated rings. The zero-order valence-corrected chi connectivity index (χ0v) is 11.6. The summed E-state index contributed by atoms with van der Waals surface area (Å²) in [5.41, 5.74) is 0. The molecule has 17 heavy (non-hydrogen) atoms. The lowest BCUT2D eigenvalue weighted by Crippen LogP contribution is -2.50. The van der Waals surface area contributed by atoms with Gasteiger partial charge in [0.1, 0.15) is 0 Å². The van der Waals surface area contributed by atoms with Gasteiger partial charge in [-0.1, -0.05) is 19.3 Å². The summed E-state index contributed by atoms with van der Waals surface area (Å²) in [5, 5.41) is 3.52. The molecule has 1 aliphatic carbocycles. The van der Waals surface area contributed by atoms with Crippen molar-refractivity contribution >= 4 is 17.7 Å². The molecule has 0 aromatic rings. The molecule has 0 spiro atoms. The highest BCUT2D eigenvalue weighted by atomic mass is 32.2. The van der Waals surface area contributed by atoms with Gasteiger partial charge in [0.05, 0.1) is 6.04 Å². The summed E-state index contributed by atoms with van der Waals surface area (Å²) in [5.74, 6) is 2.50. The van der Waals surface area contributed by atoms with Crippen molar-refractivity contribution in [2.24, 2.45) is 0 Å². The Kier molecular flexibility index (Phi) is 5.16. The summed E-state index contributed by atoms with van der Waals surface area (Å²) in [6.45, 7) is 3.89. The maximum atomic E-state index is 12.2. The van der Waals surface area contributed by atoms with Crippen LogP contribution in [0.1, 0.15) is 39.0 Å². The van der Waals surface area contributed by atoms with Gasteiger partial charge in [-0.15, -0.1) is 0 Å². The van der Waals surface area contributed by atoms with Gasteiger partial charge in [0.15, 0.2) is 0 Å². The van der Waals surface area contributed by atoms with E-state index in [1.807, 2.05) is 23.6 Å². The molecule has 0 bridgehead atoms. The van der Waals surface area contributed by atoms with E-state index < -0.39 is 0 Å². The Hall–Kier alpha value is -0.220. The maximum Gasteiger partial charge on any atom is 0.239 e. The zero-order valence-electron chi connectivity index (χ0n) is 10.8. The van der Waals surface area contributed by atoms with Gasteiger partial charge in [-0.05, 0) is 19.8 Å². The summed E-state index contributed by atoms with van der Waals surface area (Å²) in [4.78, 5) is 14.3. The van der Waals surface area contributed by atoms with E-state index in [0.29, 0.717) is 11.9 Å². The molecule has 0 radical (unpaired) electrons. The van der Waals surface area contributed by atoms with Gasteiger partial charge in [0.2, 0.25) is 5.91 Å². The molecule has 2 aliphatic rings. The van der Waals surface area contributed by atoms with Crippen molar-refractivity contribution in [1.29, 1.82) is 0 Å². The van der Waals surface area contributed by atoms with Crippen molar-refractivity contribution in [1.82, 2.24) is 10.2 Å². The van der Waals surface area contributed by atoms with Crippen LogP contribution in [0.15, 0.2) is 0 Å². The van der Waals surface area contributed by atoms with Gasteiger partial charge in [-0.2, -0.15) is 11.8 Å². The first-order valence-electron chi connectivity index (χ1n) is 6.90. The molecule has 1 atom stereocenters. The first kappa shape index (κ1) is 13.2. The van der Waals surface area contributed by atoms with Gasteiger partial charge in [0.25, 0.3) is 0 Å². The maximum absolute atomic E-state index is 12.2. The number of thioether (sulfide) groups is 1. The summed E-state index contributed by atoms with van der Waals surface area (Å²) in [6, 6.07) is 0.572. The molecule has 1 heterocycles. The Labute approximate surface area is 109 Å². The van der Waals surface area contributed by atoms with E-state index in [9.17, 15) is 4.79 Å². The van der Waals surface area contributed by atoms with Crippen LogP contribution in [0.4, 0.5) is 0 Å². The van der Waals surface area contributed by atoms with Gasteiger partial charge < -0.3 is 10.2 Å². The highest BCUT2D eigenvalue weighted by Gasteiger charge is 2.24. The van der Waals surface area contributed by atoms with E-state index in [1.165, 1.54) is 32.1 Å². The summed E-state index contributed by atoms with van der Waals surface area (Å²) in [6.07, 6.45) is 6.49. The smallest absolute Gasteiger partial charge is 0.239 e. The Morgan fingerprint density at radius 3 is 2.53 bits per heavy atom. The van der Waals surface area contributed by atoms with Crippen molar-refractivity contribution < 1.29 is 4.79 Å². The van der Waals surface area contributed by atoms with Crippen molar-refractivity contribution in [2.75, 3.05) is 24.6 Å². The van der Waals surface area contributed by atoms with Crippen LogP contribution in [-0.4, -0.2) is 47.5 Å². The number of rotatable bonds is 3. The van der Waals surface area contributed by atoms with Crippen LogP contribution in [0, 0.1) is 0 Å². The fourth-order valence-electron chi connectivity index (χ4n) is 2.75. The highest BCUT2D eigenvalue weighted by molar-refractivity contribution is 7.99. The molecule has 1 amide bonds. The molecular weight excluding hydrogens is 232 g/mol. The molecule has 0 aromatic heterocycles. The molecule has 0 unspecified atom stereocenters. The van der Waals surface area contributed by atoms with E-state index >= 15 is 0 Å². The average molecular weight is 256 g/mol. The van der Waals surface area contributed by atoms with Gasteiger partial charge in [0, 0.05) is 30.6 Å². The summed E-state index contributed by atoms with van der Waals surface area (Å²) >= 11 is 1.95. The largest absolute Gasteiger partial charge is 0.340 e. The fraction of sp³-hybridized carbons (Fsp3) is 0.923. The number of carbonyl (C=O) groups excluding carboxylic acids is 1. The van der Waals surface area contributed by atoms with Gasteiger partial charge >= 0.3 is 0 Å². The molecule has 2 rings (SSSR count). The third-order valence-electron chi connectivity index (χ3n) is 3.78. The zero-order chi connectivity index (χ0) is 12.1. The molecule has 1 saturated carbocycles. The van der Waals surface area contributed by atoms with Crippen LogP contribution in [-0.2, 0) is 4.79 Å². The highest BCUT2D eigenvalue weighted by Crippen LogP contribution is 2.18. The van der Waals surface area contributed by atoms with E-state index in [-0.39, 0.29) is 6.04 Å². The number of amides is 1. The van der Waals surface area contributed by atoms with Crippen molar-refractivity contribution in [3.63, 3.8) is 0 Å². The Morgan fingerprint density at radius 2 is 1.88 bits per heavy atom. The lowest BCUT2D eigenvalue weighted by molar-refractivity contribution is -0.132. The van der Waals surface area contributed by atoms with Crippen molar-refractivity contribution in [2.45, 2.75) is 51.1 Å². The van der Waals surface area contributed by atoms with E-state index in [2.05, 4.69) is 5.32 Å². The molecule has 4 heteroatoms. The van der Waals surface area contributed by atoms with Crippen LogP contribution in [0.5, 0.6) is 0 Å². The van der Waals surface area contributed by atoms with Gasteiger partial charge in [-0.3, -0.25) is 4.79 Å². The Morgan fingerprint density at radius 1 is 1.24 bits per heavy atom. The third-order valence-corrected chi connectivity index (χ3v) is 4.73. The number of carbonyl (C=O) groups is 1. The van der Waals surface area contributed by atoms with Crippen LogP contribution in [0.25, 0.3) is 0 Å². The van der Waals surface area contributed by atoms with Gasteiger partial charge in [-0.25, -0.2) is 0 Å². The average Bonchev–Trinajstić information content (AvgIpc) is 2.40. The first-order chi connectivity index (χ1) is 8.27. The third kappa shape index (κ3) is 3.88. The summed E-state index contributed by atoms with van der Waals surface area (Å²) < 4.78 is 0. The monoisotopic (exact) mass is 256 g/mol. The molecule has 1 N–H and O–H groups in total. The Balaban J connectivity index is 1.77. The van der Waals surface area contributed by atoms with Crippen LogP contribution in [0.3, 0.4) is 0 Å². The predicted octanol–water partition coefficient (Wildman–Crippen LogP) is 1.87. The molecule has 1 aliphatic heterocycles. The molecule has 0 aromatic carbocycles. The normalized spacial score (nSPS) is 24.6. The minimum Gasteiger partial charge on any atom is -0.340 e. The molecule has 98 valence electrons. The quantitative estimate of drug-likeness (QED) is 0.837. The predicted molar refractivity (Wildman–Crippen MR) is 73.4 cm³/mol. The first-order valence-corrected chi connectivity index (χ1v) is 8.05. The second-order valence-electron chi connectivity index (χ2n) is 5.16. The molecule has 1 saturated heterocycles. The van der Waals surface area contributed by atoms with Crippen LogP contribution < -0.4 is 5.32 Å². The second kappa shape index (κ2) is 6.64. The standard InChI is InChI=1S/C13H24N2OS/c1-11(14-12-5-3-2-4-6-12)13(16)15-7-9-17-10-8-15/h11-12,14H,2-10H2,1H3/t11-/m0/s1. The number of nitrogens with zero attached hydrogens (tertiary/aromatic N) is 1. The summed E-state index contributed by atoms with van der Waals surface area (Å²) in [7, 11) is 0. The number of hydrogen-bond acceptors (Lipinski definition) is 3. The van der Waals surface area contributed by atoms with Crippen LogP contribution in [0.2, 0.25) is 0 Å². The number of nitrogens with one attached hydrogen (secondary N) is 1. The van der Waals surface area contributed by atoms with Crippen molar-refractivity contribution in [3.05, 3.63) is 0 Å². The molecular formula is C13H24N2OS.